The third-order valence-electron chi connectivity index (χ3n) is 4.99. The molecule has 0 bridgehead atoms. The second-order valence-electron chi connectivity index (χ2n) is 7.51. The van der Waals surface area contributed by atoms with Gasteiger partial charge in [-0.3, -0.25) is 4.79 Å². The van der Waals surface area contributed by atoms with E-state index in [9.17, 15) is 4.79 Å². The zero-order chi connectivity index (χ0) is 17.7. The molecule has 0 aromatic rings. The van der Waals surface area contributed by atoms with Crippen LogP contribution in [0.2, 0.25) is 0 Å². The quantitative estimate of drug-likeness (QED) is 0.126. The summed E-state index contributed by atoms with van der Waals surface area (Å²) in [5.74, 6) is -0.651. The number of hydrogen-bond donors (Lipinski definition) is 1. The van der Waals surface area contributed by atoms with Gasteiger partial charge in [0.1, 0.15) is 0 Å². The summed E-state index contributed by atoms with van der Waals surface area (Å²) in [6, 6.07) is 0. The zero-order valence-corrected chi connectivity index (χ0v) is 20.9. The van der Waals surface area contributed by atoms with Crippen molar-refractivity contribution in [1.82, 2.24) is 0 Å². The van der Waals surface area contributed by atoms with Crippen molar-refractivity contribution in [1.29, 1.82) is 0 Å². The maximum absolute atomic E-state index is 10.4. The van der Waals surface area contributed by atoms with Crippen LogP contribution in [0.25, 0.3) is 0 Å². The molecule has 0 heterocycles. The second-order valence-corrected chi connectivity index (χ2v) is 7.51. The Morgan fingerprint density at radius 2 is 0.760 bits per heavy atom. The van der Waals surface area contributed by atoms with Crippen LogP contribution in [0.1, 0.15) is 135 Å². The van der Waals surface area contributed by atoms with Gasteiger partial charge in [0.15, 0.2) is 0 Å². The normalized spacial score (nSPS) is 10.6. The number of carboxylic acid groups (broad SMARTS) is 1. The average Bonchev–Trinajstić information content (AvgIpc) is 2.56. The maximum atomic E-state index is 10.4. The number of aliphatic carboxylic acids is 1. The van der Waals surface area contributed by atoms with E-state index in [2.05, 4.69) is 6.92 Å². The summed E-state index contributed by atoms with van der Waals surface area (Å²) in [5.41, 5.74) is 0. The average molecular weight is 548 g/mol. The van der Waals surface area contributed by atoms with E-state index >= 15 is 0 Å². The number of rotatable bonds is 20. The monoisotopic (exact) mass is 548 g/mol. The molecular weight excluding hydrogens is 503 g/mol. The molecule has 0 aromatic carbocycles. The molecule has 2 nitrogen and oxygen atoms in total. The van der Waals surface area contributed by atoms with Gasteiger partial charge in [-0.25, -0.2) is 0 Å². The summed E-state index contributed by atoms with van der Waals surface area (Å²) in [6.07, 6.45) is 26.1. The van der Waals surface area contributed by atoms with E-state index < -0.39 is 5.97 Å². The number of hydrogen-bond acceptors (Lipinski definition) is 1. The summed E-state index contributed by atoms with van der Waals surface area (Å²) < 4.78 is 0. The molecule has 0 aliphatic rings. The molecule has 0 saturated heterocycles. The molecule has 148 valence electrons. The van der Waals surface area contributed by atoms with Gasteiger partial charge in [0, 0.05) is 33.7 Å². The van der Waals surface area contributed by atoms with E-state index in [-0.39, 0.29) is 27.3 Å². The van der Waals surface area contributed by atoms with Crippen molar-refractivity contribution in [2.75, 3.05) is 0 Å². The van der Waals surface area contributed by atoms with Crippen molar-refractivity contribution in [3.05, 3.63) is 0 Å². The zero-order valence-electron chi connectivity index (χ0n) is 17.0. The predicted molar refractivity (Wildman–Crippen MR) is 111 cm³/mol. The molecule has 0 atom stereocenters. The van der Waals surface area contributed by atoms with Gasteiger partial charge in [-0.1, -0.05) is 122 Å². The molecule has 1 N–H and O–H groups in total. The Morgan fingerprint density at radius 1 is 0.520 bits per heavy atom. The van der Waals surface area contributed by atoms with Crippen molar-refractivity contribution < 1.29 is 9.90 Å². The van der Waals surface area contributed by atoms with Crippen LogP contribution in [0.15, 0.2) is 0 Å². The maximum Gasteiger partial charge on any atom is 0.303 e. The molecule has 0 unspecified atom stereocenters. The predicted octanol–water partition coefficient (Wildman–Crippen LogP) is 7.51. The van der Waals surface area contributed by atoms with Gasteiger partial charge in [-0.05, 0) is 6.42 Å². The Morgan fingerprint density at radius 3 is 1.00 bits per heavy atom. The fourth-order valence-corrected chi connectivity index (χ4v) is 3.35. The third kappa shape index (κ3) is 26.7. The summed E-state index contributed by atoms with van der Waals surface area (Å²) >= 11 is 0. The Balaban J connectivity index is 0. The largest absolute Gasteiger partial charge is 0.481 e. The Hall–Kier alpha value is 0.392. The summed E-state index contributed by atoms with van der Waals surface area (Å²) in [7, 11) is 0. The van der Waals surface area contributed by atoms with Crippen LogP contribution in [0.5, 0.6) is 0 Å². The van der Waals surface area contributed by atoms with E-state index in [1.54, 1.807) is 0 Å². The molecule has 0 saturated carbocycles. The van der Waals surface area contributed by atoms with Gasteiger partial charge in [0.2, 0.25) is 0 Å². The van der Waals surface area contributed by atoms with Crippen LogP contribution in [0.3, 0.4) is 0 Å². The van der Waals surface area contributed by atoms with Gasteiger partial charge in [0.25, 0.3) is 0 Å². The standard InChI is InChI=1S/C22H44O2.Pb/c1-2-3-4-5-6-7-8-9-10-11-12-13-14-15-16-17-18-19-20-21-22(23)24;/h2-21H2,1H3,(H,23,24);. The van der Waals surface area contributed by atoms with E-state index in [1.165, 1.54) is 109 Å². The van der Waals surface area contributed by atoms with Crippen molar-refractivity contribution in [2.24, 2.45) is 0 Å². The fraction of sp³-hybridized carbons (Fsp3) is 0.955. The molecule has 0 fully saturated rings. The van der Waals surface area contributed by atoms with Gasteiger partial charge >= 0.3 is 5.97 Å². The Kier molecular flexibility index (Phi) is 26.9. The van der Waals surface area contributed by atoms with Crippen LogP contribution < -0.4 is 0 Å². The van der Waals surface area contributed by atoms with E-state index in [0.717, 1.165) is 12.8 Å². The van der Waals surface area contributed by atoms with E-state index in [1.807, 2.05) is 0 Å². The first kappa shape index (κ1) is 27.6. The first-order valence-corrected chi connectivity index (χ1v) is 11.0. The van der Waals surface area contributed by atoms with Gasteiger partial charge < -0.3 is 5.11 Å². The summed E-state index contributed by atoms with van der Waals surface area (Å²) in [4.78, 5) is 10.4. The van der Waals surface area contributed by atoms with Gasteiger partial charge in [-0.2, -0.15) is 0 Å². The van der Waals surface area contributed by atoms with Crippen LogP contribution in [-0.2, 0) is 4.79 Å². The molecule has 0 amide bonds. The number of carbonyl (C=O) groups is 1. The van der Waals surface area contributed by atoms with Crippen molar-refractivity contribution >= 4 is 33.3 Å². The first-order valence-electron chi connectivity index (χ1n) is 11.0. The topological polar surface area (TPSA) is 37.3 Å². The van der Waals surface area contributed by atoms with Crippen LogP contribution in [-0.4, -0.2) is 38.4 Å². The molecule has 25 heavy (non-hydrogen) atoms. The molecule has 0 aromatic heterocycles. The number of unbranched alkanes of at least 4 members (excludes halogenated alkanes) is 18. The Bertz CT molecular complexity index is 256. The minimum absolute atomic E-state index is 0. The molecular formula is C22H44O2Pb. The van der Waals surface area contributed by atoms with Crippen LogP contribution >= 0.6 is 0 Å². The molecule has 0 spiro atoms. The molecule has 0 rings (SSSR count). The van der Waals surface area contributed by atoms with Crippen LogP contribution in [0.4, 0.5) is 0 Å². The minimum atomic E-state index is -0.651. The number of carboxylic acids is 1. The van der Waals surface area contributed by atoms with E-state index in [4.69, 9.17) is 5.11 Å². The van der Waals surface area contributed by atoms with Crippen molar-refractivity contribution in [3.8, 4) is 0 Å². The fourth-order valence-electron chi connectivity index (χ4n) is 3.35. The van der Waals surface area contributed by atoms with E-state index in [0.29, 0.717) is 6.42 Å². The summed E-state index contributed by atoms with van der Waals surface area (Å²) in [5, 5.41) is 8.56. The Labute approximate surface area is 178 Å². The SMILES string of the molecule is CCCCCCCCCCCCCCCCCCCCCC(=O)O.[Pb]. The van der Waals surface area contributed by atoms with Gasteiger partial charge in [0.05, 0.1) is 0 Å². The van der Waals surface area contributed by atoms with Crippen LogP contribution in [0, 0.1) is 0 Å². The van der Waals surface area contributed by atoms with Crippen molar-refractivity contribution in [3.63, 3.8) is 0 Å². The molecule has 0 aliphatic heterocycles. The molecule has 3 heteroatoms. The first-order chi connectivity index (χ1) is 11.8. The third-order valence-corrected chi connectivity index (χ3v) is 4.99. The minimum Gasteiger partial charge on any atom is -0.481 e. The smallest absolute Gasteiger partial charge is 0.303 e. The van der Waals surface area contributed by atoms with Gasteiger partial charge in [-0.15, -0.1) is 0 Å². The second kappa shape index (κ2) is 24.4. The molecule has 4 radical (unpaired) electrons. The van der Waals surface area contributed by atoms with Crippen molar-refractivity contribution in [2.45, 2.75) is 135 Å². The molecule has 0 aliphatic carbocycles. The summed E-state index contributed by atoms with van der Waals surface area (Å²) in [6.45, 7) is 2.28.